The lowest BCUT2D eigenvalue weighted by molar-refractivity contribution is 0.464. The summed E-state index contributed by atoms with van der Waals surface area (Å²) in [7, 11) is 0. The Hall–Kier alpha value is -1.26. The molecule has 1 aliphatic rings. The minimum atomic E-state index is -0.147. The molecule has 1 aromatic carbocycles. The highest BCUT2D eigenvalue weighted by atomic mass is 32.1. The predicted molar refractivity (Wildman–Crippen MR) is 85.2 cm³/mol. The zero-order chi connectivity index (χ0) is 14.7. The van der Waals surface area contributed by atoms with Crippen LogP contribution in [-0.2, 0) is 12.8 Å². The first-order valence-electron chi connectivity index (χ1n) is 7.58. The number of rotatable bonds is 7. The maximum Gasteiger partial charge on any atom is 0.123 e. The Kier molecular flexibility index (Phi) is 4.66. The molecule has 1 fully saturated rings. The van der Waals surface area contributed by atoms with E-state index in [1.807, 2.05) is 13.0 Å². The van der Waals surface area contributed by atoms with Crippen molar-refractivity contribution >= 4 is 11.3 Å². The number of halogens is 1. The van der Waals surface area contributed by atoms with Crippen LogP contribution < -0.4 is 5.32 Å². The molecule has 1 N–H and O–H groups in total. The second kappa shape index (κ2) is 6.67. The monoisotopic (exact) mass is 304 g/mol. The zero-order valence-electron chi connectivity index (χ0n) is 12.3. The number of hydrogen-bond acceptors (Lipinski definition) is 3. The Morgan fingerprint density at radius 2 is 2.24 bits per heavy atom. The highest BCUT2D eigenvalue weighted by Gasteiger charge is 2.22. The summed E-state index contributed by atoms with van der Waals surface area (Å²) >= 11 is 1.70. The van der Waals surface area contributed by atoms with Crippen molar-refractivity contribution in [3.63, 3.8) is 0 Å². The topological polar surface area (TPSA) is 24.9 Å². The highest BCUT2D eigenvalue weighted by Crippen LogP contribution is 2.21. The van der Waals surface area contributed by atoms with Crippen LogP contribution in [-0.4, -0.2) is 17.6 Å². The summed E-state index contributed by atoms with van der Waals surface area (Å²) in [6.07, 6.45) is 4.44. The summed E-state index contributed by atoms with van der Waals surface area (Å²) in [6, 6.07) is 7.67. The molecule has 3 rings (SSSR count). The molecule has 0 saturated heterocycles. The van der Waals surface area contributed by atoms with E-state index < -0.39 is 0 Å². The van der Waals surface area contributed by atoms with Crippen molar-refractivity contribution in [2.24, 2.45) is 5.92 Å². The van der Waals surface area contributed by atoms with E-state index in [0.29, 0.717) is 12.0 Å². The molecule has 1 heterocycles. The number of aryl methyl sites for hydroxylation is 1. The molecule has 2 aromatic rings. The second-order valence-corrected chi connectivity index (χ2v) is 7.01. The quantitative estimate of drug-likeness (QED) is 0.843. The minimum Gasteiger partial charge on any atom is -0.314 e. The second-order valence-electron chi connectivity index (χ2n) is 5.94. The van der Waals surface area contributed by atoms with Crippen LogP contribution in [0.3, 0.4) is 0 Å². The lowest BCUT2D eigenvalue weighted by atomic mass is 9.95. The molecule has 1 unspecified atom stereocenters. The van der Waals surface area contributed by atoms with Crippen LogP contribution in [0.25, 0.3) is 0 Å². The van der Waals surface area contributed by atoms with Gasteiger partial charge in [-0.2, -0.15) is 0 Å². The number of nitrogens with one attached hydrogen (secondary N) is 1. The highest BCUT2D eigenvalue weighted by molar-refractivity contribution is 7.09. The first-order valence-corrected chi connectivity index (χ1v) is 8.46. The van der Waals surface area contributed by atoms with Gasteiger partial charge in [-0.15, -0.1) is 11.3 Å². The van der Waals surface area contributed by atoms with Crippen LogP contribution >= 0.6 is 11.3 Å². The standard InChI is InChI=1S/C17H21FN2S/c1-12-20-17(11-21-12)9-14(10-19-16-5-6-16)7-13-3-2-4-15(18)8-13/h2-4,8,11,14,16,19H,5-7,9-10H2,1H3. The molecule has 0 bridgehead atoms. The van der Waals surface area contributed by atoms with Gasteiger partial charge in [-0.05, 0) is 62.8 Å². The molecule has 2 nitrogen and oxygen atoms in total. The fraction of sp³-hybridized carbons (Fsp3) is 0.471. The maximum atomic E-state index is 13.3. The Labute approximate surface area is 129 Å². The third-order valence-corrected chi connectivity index (χ3v) is 4.67. The maximum absolute atomic E-state index is 13.3. The van der Waals surface area contributed by atoms with Crippen LogP contribution in [0.1, 0.15) is 29.1 Å². The van der Waals surface area contributed by atoms with E-state index in [-0.39, 0.29) is 5.82 Å². The molecule has 0 radical (unpaired) electrons. The van der Waals surface area contributed by atoms with Crippen LogP contribution in [0.2, 0.25) is 0 Å². The van der Waals surface area contributed by atoms with Crippen LogP contribution in [0, 0.1) is 18.7 Å². The van der Waals surface area contributed by atoms with Gasteiger partial charge in [-0.3, -0.25) is 0 Å². The zero-order valence-corrected chi connectivity index (χ0v) is 13.1. The van der Waals surface area contributed by atoms with Gasteiger partial charge in [0.2, 0.25) is 0 Å². The van der Waals surface area contributed by atoms with Crippen molar-refractivity contribution in [3.05, 3.63) is 51.7 Å². The third kappa shape index (κ3) is 4.61. The molecular formula is C17H21FN2S. The summed E-state index contributed by atoms with van der Waals surface area (Å²) in [5, 5.41) is 6.86. The van der Waals surface area contributed by atoms with Gasteiger partial charge in [0, 0.05) is 11.4 Å². The molecule has 1 atom stereocenters. The van der Waals surface area contributed by atoms with E-state index in [2.05, 4.69) is 15.7 Å². The van der Waals surface area contributed by atoms with E-state index in [4.69, 9.17) is 0 Å². The van der Waals surface area contributed by atoms with E-state index >= 15 is 0 Å². The number of benzene rings is 1. The van der Waals surface area contributed by atoms with Gasteiger partial charge in [0.25, 0.3) is 0 Å². The molecule has 4 heteroatoms. The number of hydrogen-bond donors (Lipinski definition) is 1. The fourth-order valence-electron chi connectivity index (χ4n) is 2.63. The van der Waals surface area contributed by atoms with Gasteiger partial charge in [0.1, 0.15) is 5.82 Å². The molecule has 1 saturated carbocycles. The molecule has 21 heavy (non-hydrogen) atoms. The molecule has 1 aromatic heterocycles. The van der Waals surface area contributed by atoms with Gasteiger partial charge in [-0.25, -0.2) is 9.37 Å². The SMILES string of the molecule is Cc1nc(CC(CNC2CC2)Cc2cccc(F)c2)cs1. The van der Waals surface area contributed by atoms with E-state index in [1.54, 1.807) is 23.5 Å². The largest absolute Gasteiger partial charge is 0.314 e. The summed E-state index contributed by atoms with van der Waals surface area (Å²) in [5.41, 5.74) is 2.24. The fourth-order valence-corrected chi connectivity index (χ4v) is 3.26. The lowest BCUT2D eigenvalue weighted by Crippen LogP contribution is -2.27. The number of aromatic nitrogens is 1. The first-order chi connectivity index (χ1) is 10.2. The van der Waals surface area contributed by atoms with Gasteiger partial charge in [0.05, 0.1) is 10.7 Å². The van der Waals surface area contributed by atoms with Gasteiger partial charge >= 0.3 is 0 Å². The normalized spacial score (nSPS) is 16.1. The molecule has 0 aliphatic heterocycles. The average molecular weight is 304 g/mol. The van der Waals surface area contributed by atoms with Gasteiger partial charge in [-0.1, -0.05) is 12.1 Å². The molecule has 112 valence electrons. The van der Waals surface area contributed by atoms with Crippen molar-refractivity contribution in [3.8, 4) is 0 Å². The summed E-state index contributed by atoms with van der Waals surface area (Å²) in [5.74, 6) is 0.319. The third-order valence-electron chi connectivity index (χ3n) is 3.85. The number of nitrogens with zero attached hydrogens (tertiary/aromatic N) is 1. The van der Waals surface area contributed by atoms with Crippen molar-refractivity contribution < 1.29 is 4.39 Å². The Morgan fingerprint density at radius 1 is 1.38 bits per heavy atom. The van der Waals surface area contributed by atoms with Crippen LogP contribution in [0.15, 0.2) is 29.6 Å². The van der Waals surface area contributed by atoms with Crippen molar-refractivity contribution in [1.29, 1.82) is 0 Å². The van der Waals surface area contributed by atoms with Gasteiger partial charge < -0.3 is 5.32 Å². The van der Waals surface area contributed by atoms with Crippen molar-refractivity contribution in [1.82, 2.24) is 10.3 Å². The summed E-state index contributed by atoms with van der Waals surface area (Å²) < 4.78 is 13.3. The Morgan fingerprint density at radius 3 is 2.90 bits per heavy atom. The molecule has 0 amide bonds. The minimum absolute atomic E-state index is 0.147. The van der Waals surface area contributed by atoms with Crippen LogP contribution in [0.4, 0.5) is 4.39 Å². The van der Waals surface area contributed by atoms with E-state index in [1.165, 1.54) is 18.9 Å². The Bertz CT molecular complexity index is 592. The molecule has 1 aliphatic carbocycles. The summed E-state index contributed by atoms with van der Waals surface area (Å²) in [4.78, 5) is 4.57. The van der Waals surface area contributed by atoms with Crippen molar-refractivity contribution in [2.45, 2.75) is 38.6 Å². The first kappa shape index (κ1) is 14.7. The van der Waals surface area contributed by atoms with E-state index in [0.717, 1.165) is 35.7 Å². The number of thiazole rings is 1. The lowest BCUT2D eigenvalue weighted by Gasteiger charge is -2.17. The van der Waals surface area contributed by atoms with Crippen LogP contribution in [0.5, 0.6) is 0 Å². The Balaban J connectivity index is 1.65. The molecule has 0 spiro atoms. The van der Waals surface area contributed by atoms with Gasteiger partial charge in [0.15, 0.2) is 0 Å². The van der Waals surface area contributed by atoms with Crippen molar-refractivity contribution in [2.75, 3.05) is 6.54 Å². The average Bonchev–Trinajstić information content (AvgIpc) is 3.19. The molecular weight excluding hydrogens is 283 g/mol. The predicted octanol–water partition coefficient (Wildman–Crippen LogP) is 3.74. The smallest absolute Gasteiger partial charge is 0.123 e. The summed E-state index contributed by atoms with van der Waals surface area (Å²) in [6.45, 7) is 3.02. The van der Waals surface area contributed by atoms with E-state index in [9.17, 15) is 4.39 Å².